The van der Waals surface area contributed by atoms with Crippen LogP contribution in [0.25, 0.3) is 0 Å². The highest BCUT2D eigenvalue weighted by molar-refractivity contribution is 9.10. The summed E-state index contributed by atoms with van der Waals surface area (Å²) in [7, 11) is 0. The Hall–Kier alpha value is -0.0600. The van der Waals surface area contributed by atoms with Crippen LogP contribution in [0.15, 0.2) is 22.9 Å². The molecule has 0 amide bonds. The van der Waals surface area contributed by atoms with E-state index in [9.17, 15) is 0 Å². The lowest BCUT2D eigenvalue weighted by Crippen LogP contribution is -2.23. The minimum atomic E-state index is 0.249. The minimum Gasteiger partial charge on any atom is -0.327 e. The molecule has 0 spiro atoms. The number of halogens is 1. The summed E-state index contributed by atoms with van der Waals surface area (Å²) in [5.41, 5.74) is 7.19. The molecule has 0 radical (unpaired) electrons. The van der Waals surface area contributed by atoms with E-state index in [1.165, 1.54) is 5.56 Å². The van der Waals surface area contributed by atoms with E-state index in [1.807, 2.05) is 18.0 Å². The van der Waals surface area contributed by atoms with Gasteiger partial charge in [-0.25, -0.2) is 0 Å². The number of pyridine rings is 1. The number of hydrogen-bond donors (Lipinski definition) is 1. The van der Waals surface area contributed by atoms with Crippen LogP contribution in [0.5, 0.6) is 0 Å². The molecule has 1 heterocycles. The van der Waals surface area contributed by atoms with Gasteiger partial charge >= 0.3 is 0 Å². The molecule has 14 heavy (non-hydrogen) atoms. The molecule has 0 aromatic carbocycles. The lowest BCUT2D eigenvalue weighted by atomic mass is 10.1. The lowest BCUT2D eigenvalue weighted by molar-refractivity contribution is 0.650. The molecule has 0 bridgehead atoms. The van der Waals surface area contributed by atoms with Gasteiger partial charge in [0.1, 0.15) is 0 Å². The Morgan fingerprint density at radius 2 is 2.36 bits per heavy atom. The third-order valence-electron chi connectivity index (χ3n) is 1.95. The molecule has 0 aliphatic carbocycles. The number of nitrogens with two attached hydrogens (primary N) is 1. The molecular weight excluding hydrogens is 260 g/mol. The third-order valence-corrected chi connectivity index (χ3v) is 3.03. The summed E-state index contributed by atoms with van der Waals surface area (Å²) in [4.78, 5) is 4.11. The second-order valence-corrected chi connectivity index (χ2v) is 5.16. The summed E-state index contributed by atoms with van der Waals surface area (Å²) in [5, 5.41) is 0. The van der Waals surface area contributed by atoms with Gasteiger partial charge in [0.25, 0.3) is 0 Å². The summed E-state index contributed by atoms with van der Waals surface area (Å²) < 4.78 is 1.02. The fourth-order valence-electron chi connectivity index (χ4n) is 1.24. The van der Waals surface area contributed by atoms with E-state index >= 15 is 0 Å². The van der Waals surface area contributed by atoms with E-state index in [0.717, 1.165) is 23.1 Å². The first-order chi connectivity index (χ1) is 6.72. The van der Waals surface area contributed by atoms with Crippen molar-refractivity contribution in [1.29, 1.82) is 0 Å². The second kappa shape index (κ2) is 6.43. The van der Waals surface area contributed by atoms with Gasteiger partial charge in [-0.3, -0.25) is 4.98 Å². The predicted molar refractivity (Wildman–Crippen MR) is 66.6 cm³/mol. The Morgan fingerprint density at radius 3 is 3.00 bits per heavy atom. The molecular formula is C10H15BrN2S. The van der Waals surface area contributed by atoms with Crippen molar-refractivity contribution in [3.8, 4) is 0 Å². The van der Waals surface area contributed by atoms with Crippen LogP contribution in [0.4, 0.5) is 0 Å². The largest absolute Gasteiger partial charge is 0.327 e. The Balaban J connectivity index is 2.43. The van der Waals surface area contributed by atoms with Crippen molar-refractivity contribution in [2.45, 2.75) is 18.9 Å². The highest BCUT2D eigenvalue weighted by Crippen LogP contribution is 2.12. The first-order valence-corrected chi connectivity index (χ1v) is 6.75. The minimum absolute atomic E-state index is 0.249. The fraction of sp³-hybridized carbons (Fsp3) is 0.500. The first kappa shape index (κ1) is 12.0. The zero-order valence-electron chi connectivity index (χ0n) is 8.24. The summed E-state index contributed by atoms with van der Waals surface area (Å²) in [5.74, 6) is 1.13. The molecule has 2 nitrogen and oxygen atoms in total. The Morgan fingerprint density at radius 1 is 1.57 bits per heavy atom. The van der Waals surface area contributed by atoms with Gasteiger partial charge in [-0.2, -0.15) is 11.8 Å². The van der Waals surface area contributed by atoms with Gasteiger partial charge in [0.15, 0.2) is 0 Å². The normalized spacial score (nSPS) is 12.8. The van der Waals surface area contributed by atoms with Gasteiger partial charge < -0.3 is 5.73 Å². The highest BCUT2D eigenvalue weighted by Gasteiger charge is 2.04. The van der Waals surface area contributed by atoms with E-state index in [4.69, 9.17) is 5.73 Å². The van der Waals surface area contributed by atoms with Gasteiger partial charge in [0, 0.05) is 22.9 Å². The summed E-state index contributed by atoms with van der Waals surface area (Å²) >= 11 is 5.24. The van der Waals surface area contributed by atoms with Crippen LogP contribution in [0, 0.1) is 0 Å². The average Bonchev–Trinajstić information content (AvgIpc) is 2.15. The van der Waals surface area contributed by atoms with E-state index < -0.39 is 0 Å². The standard InChI is InChI=1S/C10H15BrN2S/c1-14-3-2-10(12)5-8-4-9(11)7-13-6-8/h4,6-7,10H,2-3,5,12H2,1H3. The molecule has 1 aromatic heterocycles. The van der Waals surface area contributed by atoms with Gasteiger partial charge in [0.2, 0.25) is 0 Å². The molecule has 0 aliphatic heterocycles. The van der Waals surface area contributed by atoms with Crippen LogP contribution in [0.3, 0.4) is 0 Å². The number of nitrogens with zero attached hydrogens (tertiary/aromatic N) is 1. The van der Waals surface area contributed by atoms with E-state index in [2.05, 4.69) is 33.2 Å². The highest BCUT2D eigenvalue weighted by atomic mass is 79.9. The van der Waals surface area contributed by atoms with Crippen LogP contribution in [-0.4, -0.2) is 23.0 Å². The quantitative estimate of drug-likeness (QED) is 0.897. The fourth-order valence-corrected chi connectivity index (χ4v) is 2.19. The first-order valence-electron chi connectivity index (χ1n) is 4.56. The third kappa shape index (κ3) is 4.44. The van der Waals surface area contributed by atoms with Gasteiger partial charge in [-0.15, -0.1) is 0 Å². The van der Waals surface area contributed by atoms with E-state index in [0.29, 0.717) is 0 Å². The summed E-state index contributed by atoms with van der Waals surface area (Å²) in [6.45, 7) is 0. The molecule has 0 saturated heterocycles. The van der Waals surface area contributed by atoms with Crippen molar-refractivity contribution in [3.05, 3.63) is 28.5 Å². The van der Waals surface area contributed by atoms with Gasteiger partial charge in [-0.05, 0) is 52.4 Å². The number of aromatic nitrogens is 1. The van der Waals surface area contributed by atoms with E-state index in [1.54, 1.807) is 6.20 Å². The molecule has 1 atom stereocenters. The van der Waals surface area contributed by atoms with Crippen molar-refractivity contribution in [2.75, 3.05) is 12.0 Å². The van der Waals surface area contributed by atoms with Gasteiger partial charge in [-0.1, -0.05) is 0 Å². The maximum absolute atomic E-state index is 5.99. The molecule has 0 saturated carbocycles. The molecule has 4 heteroatoms. The van der Waals surface area contributed by atoms with Crippen LogP contribution in [-0.2, 0) is 6.42 Å². The van der Waals surface area contributed by atoms with Crippen molar-refractivity contribution in [3.63, 3.8) is 0 Å². The topological polar surface area (TPSA) is 38.9 Å². The Bertz CT molecular complexity index is 281. The maximum Gasteiger partial charge on any atom is 0.0410 e. The zero-order valence-corrected chi connectivity index (χ0v) is 10.6. The molecule has 1 rings (SSSR count). The van der Waals surface area contributed by atoms with Gasteiger partial charge in [0.05, 0.1) is 0 Å². The maximum atomic E-state index is 5.99. The molecule has 2 N–H and O–H groups in total. The lowest BCUT2D eigenvalue weighted by Gasteiger charge is -2.10. The van der Waals surface area contributed by atoms with Crippen LogP contribution in [0.2, 0.25) is 0 Å². The molecule has 1 aromatic rings. The van der Waals surface area contributed by atoms with Crippen molar-refractivity contribution in [2.24, 2.45) is 5.73 Å². The molecule has 0 fully saturated rings. The number of hydrogen-bond acceptors (Lipinski definition) is 3. The zero-order chi connectivity index (χ0) is 10.4. The van der Waals surface area contributed by atoms with Crippen molar-refractivity contribution >= 4 is 27.7 Å². The number of thioether (sulfide) groups is 1. The van der Waals surface area contributed by atoms with Crippen molar-refractivity contribution < 1.29 is 0 Å². The Labute approximate surface area is 97.8 Å². The summed E-state index contributed by atoms with van der Waals surface area (Å²) in [6.07, 6.45) is 7.74. The van der Waals surface area contributed by atoms with Crippen LogP contribution < -0.4 is 5.73 Å². The average molecular weight is 275 g/mol. The van der Waals surface area contributed by atoms with Crippen molar-refractivity contribution in [1.82, 2.24) is 4.98 Å². The summed E-state index contributed by atoms with van der Waals surface area (Å²) in [6, 6.07) is 2.32. The number of rotatable bonds is 5. The molecule has 78 valence electrons. The van der Waals surface area contributed by atoms with Crippen LogP contribution >= 0.6 is 27.7 Å². The van der Waals surface area contributed by atoms with E-state index in [-0.39, 0.29) is 6.04 Å². The molecule has 0 aliphatic rings. The Kier molecular flexibility index (Phi) is 5.52. The predicted octanol–water partition coefficient (Wildman–Crippen LogP) is 2.47. The second-order valence-electron chi connectivity index (χ2n) is 3.26. The SMILES string of the molecule is CSCCC(N)Cc1cncc(Br)c1. The monoisotopic (exact) mass is 274 g/mol. The molecule has 1 unspecified atom stereocenters. The smallest absolute Gasteiger partial charge is 0.0410 e. The van der Waals surface area contributed by atoms with Crippen LogP contribution in [0.1, 0.15) is 12.0 Å².